The van der Waals surface area contributed by atoms with Gasteiger partial charge in [0.1, 0.15) is 65.9 Å². The highest BCUT2D eigenvalue weighted by Crippen LogP contribution is 2.34. The molecule has 0 aromatic heterocycles. The van der Waals surface area contributed by atoms with E-state index in [-0.39, 0.29) is 23.7 Å². The maximum atomic E-state index is 12.0. The largest absolute Gasteiger partial charge is 0.507 e. The highest BCUT2D eigenvalue weighted by atomic mass is 16.7. The van der Waals surface area contributed by atoms with E-state index in [1.54, 1.807) is 6.92 Å². The van der Waals surface area contributed by atoms with E-state index < -0.39 is 74.0 Å². The van der Waals surface area contributed by atoms with Crippen molar-refractivity contribution in [3.8, 4) is 11.5 Å². The number of carbonyl (C=O) groups is 1. The van der Waals surface area contributed by atoms with Crippen LogP contribution >= 0.6 is 0 Å². The van der Waals surface area contributed by atoms with Crippen molar-refractivity contribution >= 4 is 5.97 Å². The van der Waals surface area contributed by atoms with Gasteiger partial charge >= 0.3 is 5.97 Å². The fraction of sp³-hybridized carbons (Fsp3) is 0.667. The minimum absolute atomic E-state index is 0.00985. The van der Waals surface area contributed by atoms with Crippen molar-refractivity contribution in [3.63, 3.8) is 0 Å². The number of aliphatic hydroxyl groups excluding tert-OH is 6. The number of fused-ring (bicyclic) bond motifs is 1. The first-order valence-electron chi connectivity index (χ1n) is 10.8. The van der Waals surface area contributed by atoms with Gasteiger partial charge in [0, 0.05) is 12.5 Å². The van der Waals surface area contributed by atoms with Gasteiger partial charge in [0.15, 0.2) is 6.29 Å². The summed E-state index contributed by atoms with van der Waals surface area (Å²) >= 11 is 0. The number of aliphatic hydroxyl groups is 6. The number of benzene rings is 1. The van der Waals surface area contributed by atoms with Crippen molar-refractivity contribution in [1.29, 1.82) is 0 Å². The molecule has 0 saturated carbocycles. The van der Waals surface area contributed by atoms with E-state index in [1.807, 2.05) is 0 Å². The molecule has 0 amide bonds. The molecule has 190 valence electrons. The van der Waals surface area contributed by atoms with E-state index in [2.05, 4.69) is 0 Å². The van der Waals surface area contributed by atoms with Gasteiger partial charge in [0.25, 0.3) is 0 Å². The minimum Gasteiger partial charge on any atom is -0.507 e. The second kappa shape index (κ2) is 9.89. The van der Waals surface area contributed by atoms with Crippen LogP contribution in [0.3, 0.4) is 0 Å². The summed E-state index contributed by atoms with van der Waals surface area (Å²) in [5.41, 5.74) is 0.476. The topological polar surface area (TPSA) is 205 Å². The van der Waals surface area contributed by atoms with Gasteiger partial charge in [0.05, 0.1) is 13.2 Å². The highest BCUT2D eigenvalue weighted by molar-refractivity contribution is 5.95. The molecule has 3 heterocycles. The van der Waals surface area contributed by atoms with Crippen LogP contribution in [0.2, 0.25) is 0 Å². The Morgan fingerprint density at radius 2 is 1.68 bits per heavy atom. The number of cyclic esters (lactones) is 1. The molecular formula is C21H28O13. The Morgan fingerprint density at radius 1 is 0.971 bits per heavy atom. The van der Waals surface area contributed by atoms with Gasteiger partial charge in [0.2, 0.25) is 6.29 Å². The van der Waals surface area contributed by atoms with E-state index in [0.717, 1.165) is 6.07 Å². The fourth-order valence-electron chi connectivity index (χ4n) is 4.12. The normalized spacial score (nSPS) is 40.4. The standard InChI is InChI=1S/C21H28O13/c1-7-2-8-3-9(4-10(22)13(8)19(29)32-7)33-21-18(28)16(26)15(25)12(34-21)6-31-20-17(27)14(24)11(23)5-30-20/h3-4,7,11-12,14-18,20-28H,2,5-6H2,1H3/t7-,11-,12-,14+,15-,16+,17-,18-,20+,21-/m1/s1. The summed E-state index contributed by atoms with van der Waals surface area (Å²) in [4.78, 5) is 12.0. The van der Waals surface area contributed by atoms with Crippen LogP contribution in [0.4, 0.5) is 0 Å². The van der Waals surface area contributed by atoms with Gasteiger partial charge in [-0.2, -0.15) is 0 Å². The number of esters is 1. The zero-order valence-electron chi connectivity index (χ0n) is 18.1. The molecule has 2 saturated heterocycles. The summed E-state index contributed by atoms with van der Waals surface area (Å²) in [6.45, 7) is 0.959. The number of phenolic OH excluding ortho intramolecular Hbond substituents is 1. The van der Waals surface area contributed by atoms with Crippen LogP contribution in [0, 0.1) is 0 Å². The predicted molar refractivity (Wildman–Crippen MR) is 108 cm³/mol. The van der Waals surface area contributed by atoms with Crippen molar-refractivity contribution in [2.24, 2.45) is 0 Å². The van der Waals surface area contributed by atoms with E-state index in [1.165, 1.54) is 6.07 Å². The third-order valence-electron chi connectivity index (χ3n) is 5.99. The molecule has 13 nitrogen and oxygen atoms in total. The molecule has 4 rings (SSSR count). The van der Waals surface area contributed by atoms with Crippen molar-refractivity contribution in [2.75, 3.05) is 13.2 Å². The lowest BCUT2D eigenvalue weighted by Gasteiger charge is -2.41. The number of ether oxygens (including phenoxy) is 5. The first-order chi connectivity index (χ1) is 16.1. The molecule has 1 aromatic rings. The third-order valence-corrected chi connectivity index (χ3v) is 5.99. The van der Waals surface area contributed by atoms with Crippen LogP contribution in [-0.4, -0.2) is 116 Å². The fourth-order valence-corrected chi connectivity index (χ4v) is 4.12. The Labute approximate surface area is 193 Å². The number of hydrogen-bond acceptors (Lipinski definition) is 13. The first-order valence-corrected chi connectivity index (χ1v) is 10.8. The third kappa shape index (κ3) is 4.84. The maximum absolute atomic E-state index is 12.0. The Kier molecular flexibility index (Phi) is 7.28. The molecule has 1 aromatic carbocycles. The van der Waals surface area contributed by atoms with E-state index in [0.29, 0.717) is 12.0 Å². The van der Waals surface area contributed by atoms with E-state index in [4.69, 9.17) is 23.7 Å². The quantitative estimate of drug-likeness (QED) is 0.209. The summed E-state index contributed by atoms with van der Waals surface area (Å²) in [7, 11) is 0. The molecule has 10 atom stereocenters. The molecule has 2 fully saturated rings. The lowest BCUT2D eigenvalue weighted by atomic mass is 9.97. The number of carbonyl (C=O) groups excluding carboxylic acids is 1. The van der Waals surface area contributed by atoms with Crippen molar-refractivity contribution < 1.29 is 64.2 Å². The van der Waals surface area contributed by atoms with E-state index in [9.17, 15) is 40.5 Å². The first kappa shape index (κ1) is 25.0. The van der Waals surface area contributed by atoms with Crippen molar-refractivity contribution in [1.82, 2.24) is 0 Å². The minimum atomic E-state index is -1.70. The number of hydrogen-bond donors (Lipinski definition) is 7. The Balaban J connectivity index is 1.45. The molecule has 0 spiro atoms. The molecule has 3 aliphatic rings. The molecular weight excluding hydrogens is 460 g/mol. The number of rotatable bonds is 5. The zero-order chi connectivity index (χ0) is 24.7. The SMILES string of the molecule is C[C@@H]1Cc2cc(O[C@@H]3O[C@H](CO[C@@H]4OC[C@@H](O)[C@H](O)[C@H]4O)[C@@H](O)[C@H](O)[C@H]3O)cc(O)c2C(=O)O1. The summed E-state index contributed by atoms with van der Waals surface area (Å²) in [5.74, 6) is -1.03. The Bertz CT molecular complexity index is 894. The summed E-state index contributed by atoms with van der Waals surface area (Å²) in [6, 6.07) is 2.61. The Hall–Kier alpha value is -2.07. The van der Waals surface area contributed by atoms with Gasteiger partial charge < -0.3 is 59.4 Å². The lowest BCUT2D eigenvalue weighted by molar-refractivity contribution is -0.307. The molecule has 7 N–H and O–H groups in total. The van der Waals surface area contributed by atoms with Gasteiger partial charge in [-0.1, -0.05) is 0 Å². The summed E-state index contributed by atoms with van der Waals surface area (Å²) < 4.78 is 26.7. The van der Waals surface area contributed by atoms with Crippen LogP contribution in [0.25, 0.3) is 0 Å². The van der Waals surface area contributed by atoms with Gasteiger partial charge in [-0.3, -0.25) is 0 Å². The van der Waals surface area contributed by atoms with Gasteiger partial charge in [-0.15, -0.1) is 0 Å². The molecule has 0 radical (unpaired) electrons. The molecule has 0 unspecified atom stereocenters. The van der Waals surface area contributed by atoms with Gasteiger partial charge in [-0.05, 0) is 18.6 Å². The van der Waals surface area contributed by atoms with Crippen molar-refractivity contribution in [2.45, 2.75) is 74.8 Å². The van der Waals surface area contributed by atoms with Crippen LogP contribution in [0.5, 0.6) is 11.5 Å². The Morgan fingerprint density at radius 3 is 2.41 bits per heavy atom. The second-order valence-corrected chi connectivity index (χ2v) is 8.61. The molecule has 0 bridgehead atoms. The summed E-state index contributed by atoms with van der Waals surface area (Å²) in [6.07, 6.45) is -13.5. The molecule has 3 aliphatic heterocycles. The monoisotopic (exact) mass is 488 g/mol. The highest BCUT2D eigenvalue weighted by Gasteiger charge is 2.46. The van der Waals surface area contributed by atoms with Crippen LogP contribution in [-0.2, 0) is 25.4 Å². The molecule has 34 heavy (non-hydrogen) atoms. The average Bonchev–Trinajstić information content (AvgIpc) is 2.77. The van der Waals surface area contributed by atoms with E-state index >= 15 is 0 Å². The van der Waals surface area contributed by atoms with Crippen LogP contribution in [0.1, 0.15) is 22.8 Å². The van der Waals surface area contributed by atoms with Crippen LogP contribution in [0.15, 0.2) is 12.1 Å². The second-order valence-electron chi connectivity index (χ2n) is 8.61. The zero-order valence-corrected chi connectivity index (χ0v) is 18.1. The molecule has 0 aliphatic carbocycles. The number of aromatic hydroxyl groups is 1. The number of phenols is 1. The smallest absolute Gasteiger partial charge is 0.342 e. The van der Waals surface area contributed by atoms with Crippen LogP contribution < -0.4 is 4.74 Å². The maximum Gasteiger partial charge on any atom is 0.342 e. The molecule has 13 heteroatoms. The predicted octanol–water partition coefficient (Wildman–Crippen LogP) is -2.86. The van der Waals surface area contributed by atoms with Gasteiger partial charge in [-0.25, -0.2) is 4.79 Å². The summed E-state index contributed by atoms with van der Waals surface area (Å²) in [5, 5.41) is 70.4. The average molecular weight is 488 g/mol. The van der Waals surface area contributed by atoms with Crippen molar-refractivity contribution in [3.05, 3.63) is 23.3 Å². The lowest BCUT2D eigenvalue weighted by Crippen LogP contribution is -2.61.